The van der Waals surface area contributed by atoms with Crippen molar-refractivity contribution in [2.75, 3.05) is 26.4 Å². The van der Waals surface area contributed by atoms with E-state index in [0.29, 0.717) is 0 Å². The molecular formula is C4H11O5P. The van der Waals surface area contributed by atoms with Gasteiger partial charge in [-0.3, -0.25) is 0 Å². The average molecular weight is 170 g/mol. The third-order valence-electron chi connectivity index (χ3n) is 0.586. The van der Waals surface area contributed by atoms with Crippen molar-refractivity contribution in [2.24, 2.45) is 0 Å². The first kappa shape index (κ1) is 10.2. The van der Waals surface area contributed by atoms with Crippen LogP contribution in [0.1, 0.15) is 0 Å². The Hall–Kier alpha value is 0.230. The second kappa shape index (κ2) is 7.34. The van der Waals surface area contributed by atoms with Crippen molar-refractivity contribution in [3.63, 3.8) is 0 Å². The fourth-order valence-electron chi connectivity index (χ4n) is 0.275. The largest absolute Gasteiger partial charge is 0.394 e. The van der Waals surface area contributed by atoms with Gasteiger partial charge in [-0.25, -0.2) is 0 Å². The number of aliphatic hydroxyl groups excluding tert-OH is 2. The Kier molecular flexibility index (Phi) is 7.51. The van der Waals surface area contributed by atoms with Crippen LogP contribution in [0.15, 0.2) is 0 Å². The van der Waals surface area contributed by atoms with Crippen molar-refractivity contribution in [2.45, 2.75) is 0 Å². The lowest BCUT2D eigenvalue weighted by atomic mass is 10.8. The lowest BCUT2D eigenvalue weighted by Gasteiger charge is -2.07. The number of hydrogen-bond acceptors (Lipinski definition) is 5. The molecule has 0 atom stereocenters. The minimum atomic E-state index is -1.91. The topological polar surface area (TPSA) is 79.2 Å². The summed E-state index contributed by atoms with van der Waals surface area (Å²) in [5.74, 6) is 0. The average Bonchev–Trinajstić information content (AvgIpc) is 1.97. The number of aliphatic hydroxyl groups is 2. The monoisotopic (exact) mass is 170 g/mol. The highest BCUT2D eigenvalue weighted by Crippen LogP contribution is 2.31. The summed E-state index contributed by atoms with van der Waals surface area (Å²) in [5, 5.41) is 16.4. The molecule has 0 spiro atoms. The van der Waals surface area contributed by atoms with Crippen molar-refractivity contribution in [1.29, 1.82) is 0 Å². The fraction of sp³-hybridized carbons (Fsp3) is 1.00. The normalized spacial score (nSPS) is 10.8. The molecule has 0 unspecified atom stereocenters. The van der Waals surface area contributed by atoms with Crippen LogP contribution in [0.3, 0.4) is 0 Å². The van der Waals surface area contributed by atoms with Gasteiger partial charge in [0, 0.05) is 0 Å². The van der Waals surface area contributed by atoms with Gasteiger partial charge in [0.25, 0.3) is 0 Å². The summed E-state index contributed by atoms with van der Waals surface area (Å²) in [5.41, 5.74) is 0. The molecule has 0 saturated heterocycles. The molecule has 0 bridgehead atoms. The molecular weight excluding hydrogens is 159 g/mol. The zero-order valence-corrected chi connectivity index (χ0v) is 6.33. The lowest BCUT2D eigenvalue weighted by Crippen LogP contribution is -1.99. The van der Waals surface area contributed by atoms with Crippen LogP contribution >= 0.6 is 8.60 Å². The molecule has 6 heteroatoms. The zero-order chi connectivity index (χ0) is 7.82. The minimum absolute atomic E-state index is 0.0492. The van der Waals surface area contributed by atoms with E-state index in [1.165, 1.54) is 0 Å². The van der Waals surface area contributed by atoms with Crippen LogP contribution in [-0.2, 0) is 9.05 Å². The molecule has 62 valence electrons. The molecule has 0 radical (unpaired) electrons. The van der Waals surface area contributed by atoms with E-state index in [-0.39, 0.29) is 26.4 Å². The van der Waals surface area contributed by atoms with E-state index in [4.69, 9.17) is 15.1 Å². The Labute approximate surface area is 60.2 Å². The van der Waals surface area contributed by atoms with Crippen LogP contribution in [0.5, 0.6) is 0 Å². The molecule has 5 nitrogen and oxygen atoms in total. The van der Waals surface area contributed by atoms with Crippen molar-refractivity contribution in [3.8, 4) is 0 Å². The fourth-order valence-corrected chi connectivity index (χ4v) is 0.825. The quantitative estimate of drug-likeness (QED) is 0.456. The zero-order valence-electron chi connectivity index (χ0n) is 5.43. The van der Waals surface area contributed by atoms with Crippen LogP contribution in [0, 0.1) is 0 Å². The molecule has 10 heavy (non-hydrogen) atoms. The second-order valence-electron chi connectivity index (χ2n) is 1.35. The van der Waals surface area contributed by atoms with Crippen LogP contribution < -0.4 is 0 Å². The van der Waals surface area contributed by atoms with Crippen LogP contribution in [-0.4, -0.2) is 41.5 Å². The Balaban J connectivity index is 3.00. The van der Waals surface area contributed by atoms with Gasteiger partial charge < -0.3 is 24.2 Å². The Morgan fingerprint density at radius 3 is 1.70 bits per heavy atom. The first-order valence-corrected chi connectivity index (χ1v) is 3.91. The predicted molar refractivity (Wildman–Crippen MR) is 35.2 cm³/mol. The van der Waals surface area contributed by atoms with E-state index in [9.17, 15) is 0 Å². The van der Waals surface area contributed by atoms with E-state index < -0.39 is 8.60 Å². The minimum Gasteiger partial charge on any atom is -0.394 e. The maximum absolute atomic E-state index is 8.71. The van der Waals surface area contributed by atoms with E-state index in [2.05, 4.69) is 9.05 Å². The number of hydrogen-bond donors (Lipinski definition) is 3. The lowest BCUT2D eigenvalue weighted by molar-refractivity contribution is 0.139. The van der Waals surface area contributed by atoms with Gasteiger partial charge in [0.05, 0.1) is 26.4 Å². The highest BCUT2D eigenvalue weighted by molar-refractivity contribution is 7.40. The van der Waals surface area contributed by atoms with Crippen LogP contribution in [0.25, 0.3) is 0 Å². The standard InChI is InChI=1S/C4H11O5P/c5-1-3-8-10(7)9-4-2-6/h5-7H,1-4H2. The molecule has 0 heterocycles. The van der Waals surface area contributed by atoms with Crippen molar-refractivity contribution < 1.29 is 24.2 Å². The predicted octanol–water partition coefficient (Wildman–Crippen LogP) is -0.777. The smallest absolute Gasteiger partial charge is 0.330 e. The molecule has 0 amide bonds. The van der Waals surface area contributed by atoms with Gasteiger partial charge in [-0.2, -0.15) is 0 Å². The summed E-state index contributed by atoms with van der Waals surface area (Å²) in [6, 6.07) is 0. The van der Waals surface area contributed by atoms with Gasteiger partial charge >= 0.3 is 8.60 Å². The highest BCUT2D eigenvalue weighted by Gasteiger charge is 2.03. The molecule has 0 aromatic carbocycles. The summed E-state index contributed by atoms with van der Waals surface area (Å²) in [4.78, 5) is 8.71. The summed E-state index contributed by atoms with van der Waals surface area (Å²) >= 11 is 0. The van der Waals surface area contributed by atoms with E-state index in [1.54, 1.807) is 0 Å². The molecule has 0 rings (SSSR count). The molecule has 0 aliphatic heterocycles. The molecule has 0 aromatic rings. The van der Waals surface area contributed by atoms with Crippen LogP contribution in [0.4, 0.5) is 0 Å². The molecule has 0 fully saturated rings. The summed E-state index contributed by atoms with van der Waals surface area (Å²) in [6.45, 7) is -0.203. The second-order valence-corrected chi connectivity index (χ2v) is 2.34. The third-order valence-corrected chi connectivity index (χ3v) is 1.39. The Bertz CT molecular complexity index is 62.7. The van der Waals surface area contributed by atoms with Crippen molar-refractivity contribution >= 4 is 8.60 Å². The molecule has 0 aliphatic rings. The van der Waals surface area contributed by atoms with Gasteiger partial charge in [0.15, 0.2) is 0 Å². The van der Waals surface area contributed by atoms with Gasteiger partial charge in [-0.15, -0.1) is 0 Å². The summed E-state index contributed by atoms with van der Waals surface area (Å²) in [7, 11) is -1.91. The van der Waals surface area contributed by atoms with Gasteiger partial charge in [0.1, 0.15) is 0 Å². The van der Waals surface area contributed by atoms with Crippen molar-refractivity contribution in [1.82, 2.24) is 0 Å². The Morgan fingerprint density at radius 1 is 1.00 bits per heavy atom. The molecule has 0 aromatic heterocycles. The maximum atomic E-state index is 8.71. The number of rotatable bonds is 6. The van der Waals surface area contributed by atoms with E-state index in [1.807, 2.05) is 0 Å². The van der Waals surface area contributed by atoms with Crippen LogP contribution in [0.2, 0.25) is 0 Å². The molecule has 0 aliphatic carbocycles. The van der Waals surface area contributed by atoms with E-state index in [0.717, 1.165) is 0 Å². The van der Waals surface area contributed by atoms with Gasteiger partial charge in [-0.1, -0.05) is 0 Å². The Morgan fingerprint density at radius 2 is 1.40 bits per heavy atom. The summed E-state index contributed by atoms with van der Waals surface area (Å²) < 4.78 is 9.06. The van der Waals surface area contributed by atoms with Gasteiger partial charge in [0.2, 0.25) is 0 Å². The summed E-state index contributed by atoms with van der Waals surface area (Å²) in [6.07, 6.45) is 0. The van der Waals surface area contributed by atoms with E-state index >= 15 is 0 Å². The first-order chi connectivity index (χ1) is 4.81. The highest BCUT2D eigenvalue weighted by atomic mass is 31.2. The maximum Gasteiger partial charge on any atom is 0.330 e. The SMILES string of the molecule is OCCOP(O)OCCO. The first-order valence-electron chi connectivity index (χ1n) is 2.77. The molecule has 3 N–H and O–H groups in total. The van der Waals surface area contributed by atoms with Crippen molar-refractivity contribution in [3.05, 3.63) is 0 Å². The van der Waals surface area contributed by atoms with Gasteiger partial charge in [-0.05, 0) is 0 Å². The third kappa shape index (κ3) is 6.35. The molecule has 0 saturated carbocycles.